The fourth-order valence-corrected chi connectivity index (χ4v) is 3.67. The molecule has 6 nitrogen and oxygen atoms in total. The lowest BCUT2D eigenvalue weighted by molar-refractivity contribution is -0.123. The molecule has 0 radical (unpaired) electrons. The number of halogens is 1. The van der Waals surface area contributed by atoms with E-state index in [1.807, 2.05) is 36.4 Å². The molecule has 0 heterocycles. The third-order valence-electron chi connectivity index (χ3n) is 4.31. The van der Waals surface area contributed by atoms with Gasteiger partial charge in [0, 0.05) is 17.1 Å². The molecule has 166 valence electrons. The van der Waals surface area contributed by atoms with Gasteiger partial charge in [-0.15, -0.1) is 0 Å². The van der Waals surface area contributed by atoms with E-state index in [1.54, 1.807) is 26.0 Å². The van der Waals surface area contributed by atoms with Crippen molar-refractivity contribution in [1.82, 2.24) is 10.0 Å². The number of hydrogen-bond donors (Lipinski definition) is 2. The van der Waals surface area contributed by atoms with Crippen LogP contribution in [-0.4, -0.2) is 39.8 Å². The van der Waals surface area contributed by atoms with Crippen LogP contribution in [0.2, 0.25) is 5.02 Å². The van der Waals surface area contributed by atoms with Gasteiger partial charge in [-0.25, -0.2) is 13.1 Å². The largest absolute Gasteiger partial charge is 0.481 e. The van der Waals surface area contributed by atoms with Crippen LogP contribution < -0.4 is 14.8 Å². The Morgan fingerprint density at radius 2 is 1.74 bits per heavy atom. The van der Waals surface area contributed by atoms with Gasteiger partial charge in [0.2, 0.25) is 15.9 Å². The van der Waals surface area contributed by atoms with Gasteiger partial charge in [-0.05, 0) is 54.3 Å². The van der Waals surface area contributed by atoms with Gasteiger partial charge in [-0.2, -0.15) is 0 Å². The Bertz CT molecular complexity index is 1020. The molecule has 0 spiro atoms. The maximum absolute atomic E-state index is 12.3. The summed E-state index contributed by atoms with van der Waals surface area (Å²) in [5, 5.41) is 3.46. The molecule has 1 atom stereocenters. The summed E-state index contributed by atoms with van der Waals surface area (Å²) in [6.45, 7) is 4.25. The summed E-state index contributed by atoms with van der Waals surface area (Å²) in [5.41, 5.74) is 1.90. The first-order valence-corrected chi connectivity index (χ1v) is 12.1. The van der Waals surface area contributed by atoms with Crippen molar-refractivity contribution in [2.45, 2.75) is 26.3 Å². The molecule has 0 fully saturated rings. The van der Waals surface area contributed by atoms with Crippen LogP contribution in [0.1, 0.15) is 25.0 Å². The first-order chi connectivity index (χ1) is 14.6. The Kier molecular flexibility index (Phi) is 9.38. The summed E-state index contributed by atoms with van der Waals surface area (Å²) < 4.78 is 30.9. The molecule has 8 heteroatoms. The summed E-state index contributed by atoms with van der Waals surface area (Å²) in [6, 6.07) is 14.0. The van der Waals surface area contributed by atoms with Crippen molar-refractivity contribution < 1.29 is 17.9 Å². The zero-order valence-electron chi connectivity index (χ0n) is 17.8. The second kappa shape index (κ2) is 11.8. The van der Waals surface area contributed by atoms with Crippen molar-refractivity contribution >= 4 is 27.5 Å². The van der Waals surface area contributed by atoms with E-state index >= 15 is 0 Å². The third-order valence-corrected chi connectivity index (χ3v) is 5.25. The van der Waals surface area contributed by atoms with Gasteiger partial charge in [0.25, 0.3) is 0 Å². The Hall–Kier alpha value is -2.53. The second-order valence-electron chi connectivity index (χ2n) is 7.39. The van der Waals surface area contributed by atoms with E-state index in [4.69, 9.17) is 16.3 Å². The quantitative estimate of drug-likeness (QED) is 0.561. The van der Waals surface area contributed by atoms with Gasteiger partial charge in [-0.1, -0.05) is 49.4 Å². The molecule has 0 aromatic heterocycles. The van der Waals surface area contributed by atoms with Crippen molar-refractivity contribution in [2.24, 2.45) is 5.92 Å². The van der Waals surface area contributed by atoms with Crippen LogP contribution >= 0.6 is 11.6 Å². The molecule has 1 unspecified atom stereocenters. The maximum Gasteiger partial charge on any atom is 0.238 e. The molecule has 0 bridgehead atoms. The normalized spacial score (nSPS) is 12.0. The number of benzene rings is 2. The predicted octanol–water partition coefficient (Wildman–Crippen LogP) is 3.00. The van der Waals surface area contributed by atoms with Gasteiger partial charge in [0.15, 0.2) is 0 Å². The topological polar surface area (TPSA) is 84.5 Å². The number of ether oxygens (including phenoxy) is 1. The summed E-state index contributed by atoms with van der Waals surface area (Å²) in [6.07, 6.45) is 1.66. The molecule has 31 heavy (non-hydrogen) atoms. The summed E-state index contributed by atoms with van der Waals surface area (Å²) >= 11 is 5.84. The average Bonchev–Trinajstić information content (AvgIpc) is 2.71. The molecule has 2 rings (SSSR count). The average molecular weight is 463 g/mol. The Labute approximate surface area is 189 Å². The van der Waals surface area contributed by atoms with Gasteiger partial charge in [0.1, 0.15) is 18.4 Å². The van der Waals surface area contributed by atoms with Crippen LogP contribution in [0.15, 0.2) is 48.5 Å². The molecule has 1 amide bonds. The molecule has 0 saturated heterocycles. The molecule has 0 aliphatic carbocycles. The zero-order valence-corrected chi connectivity index (χ0v) is 19.4. The Morgan fingerprint density at radius 3 is 2.32 bits per heavy atom. The van der Waals surface area contributed by atoms with Crippen molar-refractivity contribution in [3.8, 4) is 17.6 Å². The van der Waals surface area contributed by atoms with Gasteiger partial charge in [0.05, 0.1) is 6.26 Å². The Morgan fingerprint density at radius 1 is 1.10 bits per heavy atom. The predicted molar refractivity (Wildman–Crippen MR) is 124 cm³/mol. The van der Waals surface area contributed by atoms with Crippen molar-refractivity contribution in [3.05, 3.63) is 64.7 Å². The molecule has 0 aliphatic heterocycles. The van der Waals surface area contributed by atoms with Gasteiger partial charge in [-0.3, -0.25) is 4.79 Å². The number of carbonyl (C=O) groups is 1. The lowest BCUT2D eigenvalue weighted by Crippen LogP contribution is -2.49. The minimum absolute atomic E-state index is 0.158. The lowest BCUT2D eigenvalue weighted by atomic mass is 10.0. The molecule has 0 aliphatic rings. The summed E-state index contributed by atoms with van der Waals surface area (Å²) in [4.78, 5) is 12.3. The highest BCUT2D eigenvalue weighted by molar-refractivity contribution is 7.88. The molecule has 2 N–H and O–H groups in total. The number of amides is 1. The van der Waals surface area contributed by atoms with E-state index in [9.17, 15) is 13.2 Å². The van der Waals surface area contributed by atoms with Crippen molar-refractivity contribution in [1.29, 1.82) is 0 Å². The SMILES string of the molecule is CC(C)C(NS(C)(=O)=O)C(=O)NCCc1ccc(OCC#Cc2ccc(Cl)cc2)cc1. The van der Waals surface area contributed by atoms with Crippen molar-refractivity contribution in [2.75, 3.05) is 19.4 Å². The number of nitrogens with one attached hydrogen (secondary N) is 2. The maximum atomic E-state index is 12.3. The fraction of sp³-hybridized carbons (Fsp3) is 0.348. The van der Waals surface area contributed by atoms with E-state index in [2.05, 4.69) is 21.9 Å². The van der Waals surface area contributed by atoms with Crippen LogP contribution in [0.5, 0.6) is 5.75 Å². The standard InChI is InChI=1S/C23H27ClN2O4S/c1-17(2)22(26-31(3,28)29)23(27)25-15-14-19-8-12-21(13-9-19)30-16-4-5-18-6-10-20(24)11-7-18/h6-13,17,22,26H,14-16H2,1-3H3,(H,25,27). The van der Waals surface area contributed by atoms with Crippen LogP contribution in [0, 0.1) is 17.8 Å². The third kappa shape index (κ3) is 9.43. The summed E-state index contributed by atoms with van der Waals surface area (Å²) in [5.74, 6) is 6.17. The van der Waals surface area contributed by atoms with Crippen LogP contribution in [0.4, 0.5) is 0 Å². The van der Waals surface area contributed by atoms with E-state index < -0.39 is 16.1 Å². The second-order valence-corrected chi connectivity index (χ2v) is 9.61. The first-order valence-electron chi connectivity index (χ1n) is 9.85. The molecular formula is C23H27ClN2O4S. The van der Waals surface area contributed by atoms with E-state index in [0.29, 0.717) is 23.7 Å². The minimum atomic E-state index is -3.46. The van der Waals surface area contributed by atoms with E-state index in [0.717, 1.165) is 17.4 Å². The first kappa shape index (κ1) is 24.7. The molecule has 0 saturated carbocycles. The van der Waals surface area contributed by atoms with Crippen LogP contribution in [0.3, 0.4) is 0 Å². The highest BCUT2D eigenvalue weighted by atomic mass is 35.5. The highest BCUT2D eigenvalue weighted by Crippen LogP contribution is 2.13. The lowest BCUT2D eigenvalue weighted by Gasteiger charge is -2.20. The smallest absolute Gasteiger partial charge is 0.238 e. The molecule has 2 aromatic rings. The van der Waals surface area contributed by atoms with Crippen molar-refractivity contribution in [3.63, 3.8) is 0 Å². The highest BCUT2D eigenvalue weighted by Gasteiger charge is 2.24. The van der Waals surface area contributed by atoms with Crippen LogP contribution in [0.25, 0.3) is 0 Å². The Balaban J connectivity index is 1.78. The van der Waals surface area contributed by atoms with Gasteiger partial charge >= 0.3 is 0 Å². The molecule has 2 aromatic carbocycles. The minimum Gasteiger partial charge on any atom is -0.481 e. The zero-order chi connectivity index (χ0) is 22.9. The number of rotatable bonds is 9. The number of carbonyl (C=O) groups excluding carboxylic acids is 1. The molecular weight excluding hydrogens is 436 g/mol. The van der Waals surface area contributed by atoms with E-state index in [-0.39, 0.29) is 18.4 Å². The van der Waals surface area contributed by atoms with E-state index in [1.165, 1.54) is 0 Å². The fourth-order valence-electron chi connectivity index (χ4n) is 2.71. The number of hydrogen-bond acceptors (Lipinski definition) is 4. The van der Waals surface area contributed by atoms with Gasteiger partial charge < -0.3 is 10.1 Å². The van der Waals surface area contributed by atoms with Crippen LogP contribution in [-0.2, 0) is 21.2 Å². The summed E-state index contributed by atoms with van der Waals surface area (Å²) in [7, 11) is -3.46. The monoisotopic (exact) mass is 462 g/mol. The number of sulfonamides is 1.